The van der Waals surface area contributed by atoms with Gasteiger partial charge in [0.25, 0.3) is 0 Å². The number of primary amides is 1. The highest BCUT2D eigenvalue weighted by Crippen LogP contribution is 2.05. The van der Waals surface area contributed by atoms with Gasteiger partial charge in [0.1, 0.15) is 12.2 Å². The van der Waals surface area contributed by atoms with Gasteiger partial charge in [-0.25, -0.2) is 4.79 Å². The van der Waals surface area contributed by atoms with E-state index in [1.54, 1.807) is 20.8 Å². The van der Waals surface area contributed by atoms with E-state index in [1.165, 1.54) is 7.11 Å². The quantitative estimate of drug-likeness (QED) is 0.623. The number of ether oxygens (including phenoxy) is 3. The summed E-state index contributed by atoms with van der Waals surface area (Å²) < 4.78 is 14.1. The third-order valence-corrected chi connectivity index (χ3v) is 2.64. The smallest absolute Gasteiger partial charge is 0.405 e. The van der Waals surface area contributed by atoms with Crippen LogP contribution in [0.1, 0.15) is 45.6 Å². The Hall–Kier alpha value is -2.57. The van der Waals surface area contributed by atoms with Crippen LogP contribution in [0.15, 0.2) is 30.3 Å². The van der Waals surface area contributed by atoms with Gasteiger partial charge in [-0.3, -0.25) is 9.59 Å². The molecule has 0 atom stereocenters. The third-order valence-electron chi connectivity index (χ3n) is 2.64. The fraction of sp³-hybridized carbons (Fsp3) is 0.500. The number of hydrogen-bond donors (Lipinski definition) is 1. The Morgan fingerprint density at radius 1 is 1.00 bits per heavy atom. The molecule has 0 bridgehead atoms. The van der Waals surface area contributed by atoms with E-state index in [2.05, 4.69) is 9.47 Å². The average molecular weight is 353 g/mol. The fourth-order valence-corrected chi connectivity index (χ4v) is 1.59. The number of carbonyl (C=O) groups is 3. The predicted octanol–water partition coefficient (Wildman–Crippen LogP) is 2.95. The van der Waals surface area contributed by atoms with Crippen molar-refractivity contribution in [2.75, 3.05) is 7.11 Å². The van der Waals surface area contributed by atoms with Crippen molar-refractivity contribution in [3.05, 3.63) is 35.9 Å². The third kappa shape index (κ3) is 14.7. The average Bonchev–Trinajstić information content (AvgIpc) is 2.52. The summed E-state index contributed by atoms with van der Waals surface area (Å²) in [6.45, 7) is 5.56. The van der Waals surface area contributed by atoms with Gasteiger partial charge in [0, 0.05) is 12.8 Å². The highest BCUT2D eigenvalue weighted by atomic mass is 16.6. The number of rotatable bonds is 6. The van der Waals surface area contributed by atoms with Crippen LogP contribution < -0.4 is 5.73 Å². The Bertz CT molecular complexity index is 536. The van der Waals surface area contributed by atoms with Crippen LogP contribution in [0.25, 0.3) is 0 Å². The SMILES string of the molecule is CC(C)(C)OC(N)=O.COC(=O)CCCC(=O)OCc1ccccc1. The molecule has 0 aromatic heterocycles. The topological polar surface area (TPSA) is 105 Å². The Labute approximate surface area is 148 Å². The molecule has 0 unspecified atom stereocenters. The van der Waals surface area contributed by atoms with Gasteiger partial charge in [-0.05, 0) is 32.8 Å². The predicted molar refractivity (Wildman–Crippen MR) is 92.5 cm³/mol. The van der Waals surface area contributed by atoms with Gasteiger partial charge in [0.05, 0.1) is 7.11 Å². The lowest BCUT2D eigenvalue weighted by Crippen LogP contribution is -2.27. The monoisotopic (exact) mass is 353 g/mol. The standard InChI is InChI=1S/C13H16O4.C5H11NO2/c1-16-12(14)8-5-9-13(15)17-10-11-6-3-2-4-7-11;1-5(2,3)8-4(6)7/h2-4,6-7H,5,8-10H2,1H3;1-3H3,(H2,6,7). The number of carbonyl (C=O) groups excluding carboxylic acids is 3. The van der Waals surface area contributed by atoms with Gasteiger partial charge in [0.15, 0.2) is 0 Å². The number of esters is 2. The zero-order chi connectivity index (χ0) is 19.3. The van der Waals surface area contributed by atoms with E-state index in [0.29, 0.717) is 6.42 Å². The number of benzene rings is 1. The van der Waals surface area contributed by atoms with E-state index in [1.807, 2.05) is 30.3 Å². The summed E-state index contributed by atoms with van der Waals surface area (Å²) in [6, 6.07) is 9.46. The van der Waals surface area contributed by atoms with Crippen LogP contribution in [0, 0.1) is 0 Å². The zero-order valence-electron chi connectivity index (χ0n) is 15.2. The molecule has 0 aliphatic rings. The van der Waals surface area contributed by atoms with Crippen molar-refractivity contribution in [1.29, 1.82) is 0 Å². The van der Waals surface area contributed by atoms with E-state index < -0.39 is 11.7 Å². The largest absolute Gasteiger partial charge is 0.469 e. The van der Waals surface area contributed by atoms with Gasteiger partial charge in [-0.2, -0.15) is 0 Å². The van der Waals surface area contributed by atoms with E-state index in [4.69, 9.17) is 10.5 Å². The van der Waals surface area contributed by atoms with Crippen molar-refractivity contribution in [2.24, 2.45) is 5.73 Å². The van der Waals surface area contributed by atoms with Crippen LogP contribution in [-0.4, -0.2) is 30.7 Å². The summed E-state index contributed by atoms with van der Waals surface area (Å²) in [6.07, 6.45) is 0.219. The Morgan fingerprint density at radius 3 is 2.00 bits per heavy atom. The van der Waals surface area contributed by atoms with Crippen molar-refractivity contribution in [1.82, 2.24) is 0 Å². The molecule has 1 aromatic rings. The van der Waals surface area contributed by atoms with E-state index in [0.717, 1.165) is 5.56 Å². The zero-order valence-corrected chi connectivity index (χ0v) is 15.2. The Morgan fingerprint density at radius 2 is 1.56 bits per heavy atom. The number of nitrogens with two attached hydrogens (primary N) is 1. The molecule has 7 nitrogen and oxygen atoms in total. The summed E-state index contributed by atoms with van der Waals surface area (Å²) in [5.41, 5.74) is 5.22. The van der Waals surface area contributed by atoms with Gasteiger partial charge < -0.3 is 19.9 Å². The van der Waals surface area contributed by atoms with Crippen LogP contribution in [0.2, 0.25) is 0 Å². The van der Waals surface area contributed by atoms with E-state index >= 15 is 0 Å². The molecule has 25 heavy (non-hydrogen) atoms. The van der Waals surface area contributed by atoms with E-state index in [-0.39, 0.29) is 31.4 Å². The number of hydrogen-bond acceptors (Lipinski definition) is 6. The Kier molecular flexibility index (Phi) is 10.7. The van der Waals surface area contributed by atoms with Crippen molar-refractivity contribution in [2.45, 2.75) is 52.2 Å². The first-order valence-electron chi connectivity index (χ1n) is 7.89. The van der Waals surface area contributed by atoms with Gasteiger partial charge in [0.2, 0.25) is 0 Å². The van der Waals surface area contributed by atoms with Gasteiger partial charge in [-0.15, -0.1) is 0 Å². The van der Waals surface area contributed by atoms with Crippen molar-refractivity contribution in [3.8, 4) is 0 Å². The summed E-state index contributed by atoms with van der Waals surface area (Å²) in [5, 5.41) is 0. The van der Waals surface area contributed by atoms with Crippen molar-refractivity contribution in [3.63, 3.8) is 0 Å². The van der Waals surface area contributed by atoms with Crippen LogP contribution in [0.3, 0.4) is 0 Å². The molecule has 0 saturated carbocycles. The maximum Gasteiger partial charge on any atom is 0.405 e. The highest BCUT2D eigenvalue weighted by molar-refractivity contribution is 5.72. The molecule has 0 aliphatic carbocycles. The van der Waals surface area contributed by atoms with Crippen LogP contribution >= 0.6 is 0 Å². The molecule has 0 heterocycles. The van der Waals surface area contributed by atoms with Crippen molar-refractivity contribution < 1.29 is 28.6 Å². The van der Waals surface area contributed by atoms with Gasteiger partial charge >= 0.3 is 18.0 Å². The lowest BCUT2D eigenvalue weighted by Gasteiger charge is -2.16. The minimum absolute atomic E-state index is 0.238. The molecule has 0 saturated heterocycles. The minimum atomic E-state index is -0.725. The lowest BCUT2D eigenvalue weighted by molar-refractivity contribution is -0.145. The second kappa shape index (κ2) is 11.9. The molecule has 1 aromatic carbocycles. The number of amides is 1. The van der Waals surface area contributed by atoms with Gasteiger partial charge in [-0.1, -0.05) is 30.3 Å². The molecule has 1 amide bonds. The summed E-state index contributed by atoms with van der Waals surface area (Å²) in [4.78, 5) is 32.1. The number of methoxy groups -OCH3 is 1. The fourth-order valence-electron chi connectivity index (χ4n) is 1.59. The summed E-state index contributed by atoms with van der Waals surface area (Å²) >= 11 is 0. The molecule has 0 radical (unpaired) electrons. The molecular weight excluding hydrogens is 326 g/mol. The normalized spacial score (nSPS) is 10.1. The molecule has 2 N–H and O–H groups in total. The van der Waals surface area contributed by atoms with E-state index in [9.17, 15) is 14.4 Å². The maximum atomic E-state index is 11.3. The first-order valence-corrected chi connectivity index (χ1v) is 7.89. The highest BCUT2D eigenvalue weighted by Gasteiger charge is 2.12. The van der Waals surface area contributed by atoms with Crippen molar-refractivity contribution >= 4 is 18.0 Å². The minimum Gasteiger partial charge on any atom is -0.469 e. The maximum absolute atomic E-state index is 11.3. The Balaban J connectivity index is 0.000000609. The molecule has 140 valence electrons. The van der Waals surface area contributed by atoms with Crippen LogP contribution in [0.4, 0.5) is 4.79 Å². The lowest BCUT2D eigenvalue weighted by atomic mass is 10.2. The molecule has 1 rings (SSSR count). The first kappa shape index (κ1) is 22.4. The van der Waals surface area contributed by atoms with Crippen LogP contribution in [0.5, 0.6) is 0 Å². The molecule has 0 aliphatic heterocycles. The summed E-state index contributed by atoms with van der Waals surface area (Å²) in [7, 11) is 1.33. The second-order valence-corrected chi connectivity index (χ2v) is 6.11. The molecule has 0 fully saturated rings. The summed E-state index contributed by atoms with van der Waals surface area (Å²) in [5.74, 6) is -0.599. The molecule has 7 heteroatoms. The molecule has 0 spiro atoms. The first-order chi connectivity index (χ1) is 11.6. The molecular formula is C18H27NO6. The second-order valence-electron chi connectivity index (χ2n) is 6.11. The van der Waals surface area contributed by atoms with Crippen LogP contribution in [-0.2, 0) is 30.4 Å².